The number of pyridine rings is 1. The van der Waals surface area contributed by atoms with Crippen LogP contribution >= 0.6 is 0 Å². The lowest BCUT2D eigenvalue weighted by Crippen LogP contribution is -2.23. The summed E-state index contributed by atoms with van der Waals surface area (Å²) in [7, 11) is 1.62. The number of nitrogens with one attached hydrogen (secondary N) is 1. The lowest BCUT2D eigenvalue weighted by Gasteiger charge is -2.06. The number of para-hydroxylation sites is 1. The van der Waals surface area contributed by atoms with Crippen molar-refractivity contribution in [2.45, 2.75) is 6.42 Å². The maximum absolute atomic E-state index is 12.0. The van der Waals surface area contributed by atoms with Crippen LogP contribution in [0.4, 0.5) is 0 Å². The Balaban J connectivity index is 1.56. The van der Waals surface area contributed by atoms with Crippen molar-refractivity contribution in [2.75, 3.05) is 13.7 Å². The predicted molar refractivity (Wildman–Crippen MR) is 100 cm³/mol. The molecule has 0 fully saturated rings. The molecule has 0 saturated carbocycles. The summed E-state index contributed by atoms with van der Waals surface area (Å²) in [6, 6.07) is 17.6. The number of aromatic nitrogens is 1. The van der Waals surface area contributed by atoms with Gasteiger partial charge in [0, 0.05) is 24.2 Å². The van der Waals surface area contributed by atoms with Crippen molar-refractivity contribution in [3.63, 3.8) is 0 Å². The van der Waals surface area contributed by atoms with E-state index in [-0.39, 0.29) is 5.91 Å². The quantitative estimate of drug-likeness (QED) is 0.702. The van der Waals surface area contributed by atoms with Crippen LogP contribution in [0.25, 0.3) is 17.0 Å². The highest BCUT2D eigenvalue weighted by molar-refractivity contribution is 5.91. The highest BCUT2D eigenvalue weighted by atomic mass is 16.5. The summed E-state index contributed by atoms with van der Waals surface area (Å²) in [6.45, 7) is 0.566. The van der Waals surface area contributed by atoms with E-state index in [2.05, 4.69) is 10.3 Å². The van der Waals surface area contributed by atoms with E-state index in [0.717, 1.165) is 34.2 Å². The second kappa shape index (κ2) is 8.11. The molecule has 4 nitrogen and oxygen atoms in total. The van der Waals surface area contributed by atoms with Crippen molar-refractivity contribution in [3.05, 3.63) is 78.0 Å². The first-order valence-corrected chi connectivity index (χ1v) is 8.19. The second-order valence-corrected chi connectivity index (χ2v) is 5.64. The topological polar surface area (TPSA) is 51.2 Å². The highest BCUT2D eigenvalue weighted by Crippen LogP contribution is 2.16. The zero-order valence-electron chi connectivity index (χ0n) is 14.1. The van der Waals surface area contributed by atoms with E-state index in [9.17, 15) is 4.79 Å². The molecule has 1 aromatic heterocycles. The molecule has 4 heteroatoms. The molecule has 1 heterocycles. The van der Waals surface area contributed by atoms with Gasteiger partial charge in [-0.25, -0.2) is 0 Å². The average molecular weight is 332 g/mol. The minimum Gasteiger partial charge on any atom is -0.497 e. The first-order valence-electron chi connectivity index (χ1n) is 8.19. The van der Waals surface area contributed by atoms with E-state index >= 15 is 0 Å². The molecule has 0 aliphatic carbocycles. The van der Waals surface area contributed by atoms with Crippen molar-refractivity contribution >= 4 is 22.9 Å². The second-order valence-electron chi connectivity index (χ2n) is 5.64. The Labute approximate surface area is 147 Å². The largest absolute Gasteiger partial charge is 0.497 e. The first-order chi connectivity index (χ1) is 12.3. The van der Waals surface area contributed by atoms with E-state index in [1.807, 2.05) is 54.6 Å². The Morgan fingerprint density at radius 3 is 2.88 bits per heavy atom. The molecule has 0 aliphatic heterocycles. The summed E-state index contributed by atoms with van der Waals surface area (Å²) in [5, 5.41) is 4.02. The number of carbonyl (C=O) groups excluding carboxylic acids is 1. The van der Waals surface area contributed by atoms with Crippen molar-refractivity contribution in [1.82, 2.24) is 10.3 Å². The maximum Gasteiger partial charge on any atom is 0.244 e. The van der Waals surface area contributed by atoms with Gasteiger partial charge in [0.1, 0.15) is 5.75 Å². The standard InChI is InChI=1S/C21H20N2O2/c1-25-19-9-2-5-16(15-19)10-11-20(24)22-14-12-18-7-3-6-17-8-4-13-23-21(17)18/h2-11,13,15H,12,14H2,1H3,(H,22,24)/b11-10+. The molecule has 1 N–H and O–H groups in total. The van der Waals surface area contributed by atoms with E-state index in [1.54, 1.807) is 19.4 Å². The van der Waals surface area contributed by atoms with E-state index in [4.69, 9.17) is 4.74 Å². The van der Waals surface area contributed by atoms with Gasteiger partial charge in [-0.05, 0) is 41.8 Å². The summed E-state index contributed by atoms with van der Waals surface area (Å²) in [6.07, 6.45) is 5.85. The Morgan fingerprint density at radius 1 is 1.16 bits per heavy atom. The van der Waals surface area contributed by atoms with Gasteiger partial charge in [0.05, 0.1) is 12.6 Å². The molecule has 3 aromatic rings. The number of methoxy groups -OCH3 is 1. The number of benzene rings is 2. The van der Waals surface area contributed by atoms with E-state index < -0.39 is 0 Å². The SMILES string of the molecule is COc1cccc(/C=C/C(=O)NCCc2cccc3cccnc23)c1. The van der Waals surface area contributed by atoms with Crippen LogP contribution in [0.2, 0.25) is 0 Å². The predicted octanol–water partition coefficient (Wildman–Crippen LogP) is 3.62. The maximum atomic E-state index is 12.0. The molecular weight excluding hydrogens is 312 g/mol. The zero-order valence-corrected chi connectivity index (χ0v) is 14.1. The number of ether oxygens (including phenoxy) is 1. The summed E-state index contributed by atoms with van der Waals surface area (Å²) in [5.41, 5.74) is 3.05. The van der Waals surface area contributed by atoms with Crippen LogP contribution < -0.4 is 10.1 Å². The van der Waals surface area contributed by atoms with Crippen LogP contribution in [0.1, 0.15) is 11.1 Å². The molecule has 0 spiro atoms. The van der Waals surface area contributed by atoms with Crippen LogP contribution in [0.5, 0.6) is 5.75 Å². The fourth-order valence-electron chi connectivity index (χ4n) is 2.67. The number of carbonyl (C=O) groups is 1. The van der Waals surface area contributed by atoms with Crippen molar-refractivity contribution in [2.24, 2.45) is 0 Å². The Kier molecular flexibility index (Phi) is 5.42. The Morgan fingerprint density at radius 2 is 2.00 bits per heavy atom. The molecular formula is C21H20N2O2. The first kappa shape index (κ1) is 16.7. The summed E-state index contributed by atoms with van der Waals surface area (Å²) in [5.74, 6) is 0.655. The Bertz CT molecular complexity index is 898. The molecule has 0 unspecified atom stereocenters. The molecule has 0 radical (unpaired) electrons. The Hall–Kier alpha value is -3.14. The number of fused-ring (bicyclic) bond motifs is 1. The minimum atomic E-state index is -0.115. The van der Waals surface area contributed by atoms with Gasteiger partial charge >= 0.3 is 0 Å². The molecule has 2 aromatic carbocycles. The molecule has 25 heavy (non-hydrogen) atoms. The molecule has 0 saturated heterocycles. The van der Waals surface area contributed by atoms with Gasteiger partial charge in [-0.2, -0.15) is 0 Å². The fraction of sp³-hybridized carbons (Fsp3) is 0.143. The van der Waals surface area contributed by atoms with Crippen LogP contribution in [0.15, 0.2) is 66.9 Å². The number of amides is 1. The van der Waals surface area contributed by atoms with Crippen molar-refractivity contribution in [1.29, 1.82) is 0 Å². The molecule has 1 amide bonds. The summed E-state index contributed by atoms with van der Waals surface area (Å²) < 4.78 is 5.17. The number of rotatable bonds is 6. The summed E-state index contributed by atoms with van der Waals surface area (Å²) in [4.78, 5) is 16.4. The van der Waals surface area contributed by atoms with Crippen LogP contribution in [0.3, 0.4) is 0 Å². The van der Waals surface area contributed by atoms with Crippen LogP contribution in [-0.2, 0) is 11.2 Å². The third-order valence-electron chi connectivity index (χ3n) is 3.93. The van der Waals surface area contributed by atoms with Gasteiger partial charge in [-0.1, -0.05) is 36.4 Å². The number of hydrogen-bond donors (Lipinski definition) is 1. The average Bonchev–Trinajstić information content (AvgIpc) is 2.67. The minimum absolute atomic E-state index is 0.115. The van der Waals surface area contributed by atoms with Crippen molar-refractivity contribution in [3.8, 4) is 5.75 Å². The lowest BCUT2D eigenvalue weighted by molar-refractivity contribution is -0.116. The molecule has 0 aliphatic rings. The van der Waals surface area contributed by atoms with Gasteiger partial charge in [-0.3, -0.25) is 9.78 Å². The normalized spacial score (nSPS) is 10.9. The van der Waals surface area contributed by atoms with Gasteiger partial charge in [0.25, 0.3) is 0 Å². The van der Waals surface area contributed by atoms with Gasteiger partial charge < -0.3 is 10.1 Å². The van der Waals surface area contributed by atoms with Crippen LogP contribution in [0, 0.1) is 0 Å². The van der Waals surface area contributed by atoms with E-state index in [0.29, 0.717) is 6.54 Å². The van der Waals surface area contributed by atoms with E-state index in [1.165, 1.54) is 6.08 Å². The highest BCUT2D eigenvalue weighted by Gasteiger charge is 2.02. The summed E-state index contributed by atoms with van der Waals surface area (Å²) >= 11 is 0. The molecule has 0 bridgehead atoms. The van der Waals surface area contributed by atoms with Gasteiger partial charge in [0.15, 0.2) is 0 Å². The van der Waals surface area contributed by atoms with Gasteiger partial charge in [-0.15, -0.1) is 0 Å². The van der Waals surface area contributed by atoms with Gasteiger partial charge in [0.2, 0.25) is 5.91 Å². The zero-order chi connectivity index (χ0) is 17.5. The third kappa shape index (κ3) is 4.44. The number of nitrogens with zero attached hydrogens (tertiary/aromatic N) is 1. The molecule has 126 valence electrons. The van der Waals surface area contributed by atoms with Crippen LogP contribution in [-0.4, -0.2) is 24.5 Å². The molecule has 3 rings (SSSR count). The fourth-order valence-corrected chi connectivity index (χ4v) is 2.67. The third-order valence-corrected chi connectivity index (χ3v) is 3.93. The molecule has 0 atom stereocenters. The number of hydrogen-bond acceptors (Lipinski definition) is 3. The lowest BCUT2D eigenvalue weighted by atomic mass is 10.1. The van der Waals surface area contributed by atoms with Crippen molar-refractivity contribution < 1.29 is 9.53 Å². The monoisotopic (exact) mass is 332 g/mol. The smallest absolute Gasteiger partial charge is 0.244 e.